The smallest absolute Gasteiger partial charge is 0.340 e. The number of para-hydroxylation sites is 2. The maximum absolute atomic E-state index is 12.4. The molecule has 4 rings (SSSR count). The summed E-state index contributed by atoms with van der Waals surface area (Å²) in [6.45, 7) is 1.34. The van der Waals surface area contributed by atoms with Crippen LogP contribution in [0.4, 0.5) is 0 Å². The molecule has 0 fully saturated rings. The predicted molar refractivity (Wildman–Crippen MR) is 124 cm³/mol. The number of nitrogens with two attached hydrogens (primary N) is 1. The summed E-state index contributed by atoms with van der Waals surface area (Å²) in [5.41, 5.74) is 8.76. The average Bonchev–Trinajstić information content (AvgIpc) is 3.31. The molecule has 7 heteroatoms. The molecule has 0 radical (unpaired) electrons. The second-order valence-corrected chi connectivity index (χ2v) is 7.46. The number of benzene rings is 3. The van der Waals surface area contributed by atoms with Crippen molar-refractivity contribution in [3.63, 3.8) is 0 Å². The molecule has 7 nitrogen and oxygen atoms in total. The summed E-state index contributed by atoms with van der Waals surface area (Å²) in [6, 6.07) is 27.1. The van der Waals surface area contributed by atoms with Crippen LogP contribution in [-0.2, 0) is 0 Å². The van der Waals surface area contributed by atoms with E-state index >= 15 is 0 Å². The molecule has 1 heterocycles. The van der Waals surface area contributed by atoms with Gasteiger partial charge >= 0.3 is 5.82 Å². The first-order chi connectivity index (χ1) is 15.8. The lowest BCUT2D eigenvalue weighted by molar-refractivity contribution is -0.734. The Morgan fingerprint density at radius 1 is 0.875 bits per heavy atom. The predicted octanol–water partition coefficient (Wildman–Crippen LogP) is 3.07. The van der Waals surface area contributed by atoms with Gasteiger partial charge in [0, 0.05) is 16.9 Å². The van der Waals surface area contributed by atoms with Gasteiger partial charge in [-0.05, 0) is 77.8 Å². The molecule has 3 aromatic carbocycles. The lowest BCUT2D eigenvalue weighted by Gasteiger charge is -2.05. The van der Waals surface area contributed by atoms with Crippen molar-refractivity contribution in [1.29, 1.82) is 0 Å². The number of nitrogens with one attached hydrogen (secondary N) is 1. The maximum Gasteiger partial charge on any atom is 0.340 e. The molecule has 32 heavy (non-hydrogen) atoms. The van der Waals surface area contributed by atoms with E-state index in [-0.39, 0.29) is 5.91 Å². The molecule has 0 bridgehead atoms. The van der Waals surface area contributed by atoms with Crippen molar-refractivity contribution >= 4 is 5.91 Å². The molecule has 0 aliphatic heterocycles. The summed E-state index contributed by atoms with van der Waals surface area (Å²) in [5, 5.41) is 12.4. The minimum absolute atomic E-state index is 0.0774. The van der Waals surface area contributed by atoms with E-state index in [0.29, 0.717) is 24.5 Å². The Hall–Kier alpha value is -3.84. The number of tetrazole rings is 1. The topological polar surface area (TPSA) is 89.7 Å². The standard InChI is InChI=1S/C25H26N6O/c26-18-8-3-9-19-27-25(32)21-16-14-20(15-17-21)24-28-30(22-10-4-1-5-11-22)31(29-24)23-12-6-2-7-13-23/h1-2,4-7,10-17H,3,8-9,18-19,26H2/p+1. The summed E-state index contributed by atoms with van der Waals surface area (Å²) in [4.78, 5) is 15.9. The zero-order valence-corrected chi connectivity index (χ0v) is 17.9. The van der Waals surface area contributed by atoms with Crippen molar-refractivity contribution in [3.8, 4) is 22.8 Å². The van der Waals surface area contributed by atoms with Crippen molar-refractivity contribution in [2.75, 3.05) is 13.1 Å². The molecule has 3 N–H and O–H groups in total. The molecule has 1 aromatic heterocycles. The third kappa shape index (κ3) is 5.07. The molecule has 0 aliphatic carbocycles. The number of aromatic nitrogens is 4. The van der Waals surface area contributed by atoms with Gasteiger partial charge < -0.3 is 11.1 Å². The van der Waals surface area contributed by atoms with Gasteiger partial charge in [0.15, 0.2) is 5.69 Å². The first-order valence-corrected chi connectivity index (χ1v) is 10.9. The Labute approximate surface area is 187 Å². The van der Waals surface area contributed by atoms with Crippen molar-refractivity contribution < 1.29 is 9.59 Å². The summed E-state index contributed by atoms with van der Waals surface area (Å²) in [6.07, 6.45) is 2.93. The molecule has 0 saturated carbocycles. The van der Waals surface area contributed by atoms with Crippen LogP contribution in [0, 0.1) is 0 Å². The number of rotatable bonds is 9. The van der Waals surface area contributed by atoms with Gasteiger partial charge in [0.2, 0.25) is 0 Å². The number of nitrogens with zero attached hydrogens (tertiary/aromatic N) is 4. The fraction of sp³-hybridized carbons (Fsp3) is 0.200. The first kappa shape index (κ1) is 21.4. The molecule has 4 aromatic rings. The Kier molecular flexibility index (Phi) is 6.99. The minimum atomic E-state index is -0.0774. The van der Waals surface area contributed by atoms with Gasteiger partial charge in [-0.25, -0.2) is 0 Å². The SMILES string of the molecule is NCCCCCNC(=O)c1ccc(-c2nn(-c3ccccc3)[n+](-c3ccccc3)n2)cc1. The maximum atomic E-state index is 12.4. The van der Waals surface area contributed by atoms with E-state index < -0.39 is 0 Å². The van der Waals surface area contributed by atoms with Crippen LogP contribution in [0.2, 0.25) is 0 Å². The zero-order valence-electron chi connectivity index (χ0n) is 17.9. The molecule has 0 atom stereocenters. The van der Waals surface area contributed by atoms with E-state index in [9.17, 15) is 4.79 Å². The molecule has 0 unspecified atom stereocenters. The highest BCUT2D eigenvalue weighted by Gasteiger charge is 2.23. The van der Waals surface area contributed by atoms with E-state index in [1.54, 1.807) is 21.7 Å². The fourth-order valence-electron chi connectivity index (χ4n) is 3.38. The number of hydrogen-bond acceptors (Lipinski definition) is 4. The molecule has 0 spiro atoms. The van der Waals surface area contributed by atoms with Crippen molar-refractivity contribution in [2.45, 2.75) is 19.3 Å². The summed E-state index contributed by atoms with van der Waals surface area (Å²) < 4.78 is 0. The van der Waals surface area contributed by atoms with Gasteiger partial charge in [0.1, 0.15) is 5.69 Å². The largest absolute Gasteiger partial charge is 0.352 e. The third-order valence-electron chi connectivity index (χ3n) is 5.10. The minimum Gasteiger partial charge on any atom is -0.352 e. The summed E-state index contributed by atoms with van der Waals surface area (Å²) in [5.74, 6) is 0.498. The molecule has 0 saturated heterocycles. The molecular formula is C25H27N6O+. The van der Waals surface area contributed by atoms with Crippen LogP contribution in [0.25, 0.3) is 22.8 Å². The van der Waals surface area contributed by atoms with Crippen LogP contribution in [0.15, 0.2) is 84.9 Å². The molecule has 0 aliphatic rings. The number of carbonyl (C=O) groups is 1. The van der Waals surface area contributed by atoms with E-state index in [4.69, 9.17) is 15.9 Å². The Balaban J connectivity index is 1.56. The van der Waals surface area contributed by atoms with Gasteiger partial charge in [-0.3, -0.25) is 4.79 Å². The molecule has 162 valence electrons. The van der Waals surface area contributed by atoms with Crippen LogP contribution in [0.3, 0.4) is 0 Å². The van der Waals surface area contributed by atoms with Crippen LogP contribution in [-0.4, -0.2) is 34.0 Å². The van der Waals surface area contributed by atoms with Crippen molar-refractivity contribution in [3.05, 3.63) is 90.5 Å². The Bertz CT molecular complexity index is 1080. The highest BCUT2D eigenvalue weighted by molar-refractivity contribution is 5.94. The van der Waals surface area contributed by atoms with Crippen LogP contribution >= 0.6 is 0 Å². The highest BCUT2D eigenvalue weighted by Crippen LogP contribution is 2.16. The van der Waals surface area contributed by atoms with Gasteiger partial charge in [-0.1, -0.05) is 42.8 Å². The van der Waals surface area contributed by atoms with Crippen molar-refractivity contribution in [2.24, 2.45) is 5.73 Å². The normalized spacial score (nSPS) is 10.8. The van der Waals surface area contributed by atoms with Crippen LogP contribution in [0.5, 0.6) is 0 Å². The zero-order chi connectivity index (χ0) is 22.2. The van der Waals surface area contributed by atoms with Crippen molar-refractivity contribution in [1.82, 2.24) is 20.3 Å². The summed E-state index contributed by atoms with van der Waals surface area (Å²) >= 11 is 0. The van der Waals surface area contributed by atoms with E-state index in [1.165, 1.54) is 0 Å². The third-order valence-corrected chi connectivity index (χ3v) is 5.10. The first-order valence-electron chi connectivity index (χ1n) is 10.9. The Morgan fingerprint density at radius 3 is 2.25 bits per heavy atom. The number of hydrogen-bond donors (Lipinski definition) is 2. The lowest BCUT2D eigenvalue weighted by Crippen LogP contribution is -2.43. The number of amides is 1. The van der Waals surface area contributed by atoms with E-state index in [0.717, 1.165) is 36.2 Å². The average molecular weight is 428 g/mol. The van der Waals surface area contributed by atoms with Crippen LogP contribution in [0.1, 0.15) is 29.6 Å². The fourth-order valence-corrected chi connectivity index (χ4v) is 3.38. The van der Waals surface area contributed by atoms with Gasteiger partial charge in [0.05, 0.1) is 10.7 Å². The number of unbranched alkanes of at least 4 members (excludes halogenated alkanes) is 2. The monoisotopic (exact) mass is 427 g/mol. The van der Waals surface area contributed by atoms with E-state index in [1.807, 2.05) is 72.8 Å². The van der Waals surface area contributed by atoms with Gasteiger partial charge in [0.25, 0.3) is 5.91 Å². The van der Waals surface area contributed by atoms with Crippen LogP contribution < -0.4 is 15.8 Å². The highest BCUT2D eigenvalue weighted by atomic mass is 16.1. The van der Waals surface area contributed by atoms with Gasteiger partial charge in [-0.15, -0.1) is 0 Å². The molecule has 1 amide bonds. The quantitative estimate of drug-likeness (QED) is 0.317. The second-order valence-electron chi connectivity index (χ2n) is 7.46. The second kappa shape index (κ2) is 10.5. The molecular weight excluding hydrogens is 400 g/mol. The Morgan fingerprint density at radius 2 is 1.56 bits per heavy atom. The lowest BCUT2D eigenvalue weighted by atomic mass is 10.1. The van der Waals surface area contributed by atoms with E-state index in [2.05, 4.69) is 5.32 Å². The number of carbonyl (C=O) groups excluding carboxylic acids is 1. The summed E-state index contributed by atoms with van der Waals surface area (Å²) in [7, 11) is 0. The van der Waals surface area contributed by atoms with Gasteiger partial charge in [-0.2, -0.15) is 0 Å².